The number of ether oxygens (including phenoxy) is 1. The Kier molecular flexibility index (Phi) is 4.96. The van der Waals surface area contributed by atoms with Crippen molar-refractivity contribution >= 4 is 28.6 Å². The minimum atomic E-state index is -0.181. The second kappa shape index (κ2) is 7.58. The number of hydrogen-bond donors (Lipinski definition) is 0. The van der Waals surface area contributed by atoms with Crippen LogP contribution in [0.3, 0.4) is 0 Å². The zero-order valence-corrected chi connectivity index (χ0v) is 16.7. The van der Waals surface area contributed by atoms with E-state index in [1.807, 2.05) is 38.1 Å². The number of rotatable bonds is 4. The summed E-state index contributed by atoms with van der Waals surface area (Å²) in [5.41, 5.74) is 2.58. The van der Waals surface area contributed by atoms with Crippen molar-refractivity contribution in [1.29, 1.82) is 0 Å². The molecule has 2 amide bonds. The van der Waals surface area contributed by atoms with Crippen LogP contribution < -0.4 is 9.64 Å². The Morgan fingerprint density at radius 2 is 2.00 bits per heavy atom. The van der Waals surface area contributed by atoms with Gasteiger partial charge in [0.15, 0.2) is 11.5 Å². The highest BCUT2D eigenvalue weighted by atomic mass is 16.5. The van der Waals surface area contributed by atoms with Gasteiger partial charge in [-0.25, -0.2) is 4.98 Å². The number of oxazole rings is 1. The molecule has 0 spiro atoms. The number of hydrogen-bond acceptors (Lipinski definition) is 5. The topological polar surface area (TPSA) is 75.9 Å². The predicted octanol–water partition coefficient (Wildman–Crippen LogP) is 3.45. The number of aromatic nitrogens is 1. The molecule has 1 saturated heterocycles. The first-order chi connectivity index (χ1) is 14.0. The van der Waals surface area contributed by atoms with Crippen molar-refractivity contribution < 1.29 is 18.7 Å². The van der Waals surface area contributed by atoms with Crippen LogP contribution in [-0.4, -0.2) is 48.4 Å². The zero-order valence-electron chi connectivity index (χ0n) is 16.7. The summed E-state index contributed by atoms with van der Waals surface area (Å²) in [4.78, 5) is 33.4. The summed E-state index contributed by atoms with van der Waals surface area (Å²) in [5.74, 6) is 1.20. The molecule has 0 aliphatic carbocycles. The van der Waals surface area contributed by atoms with E-state index in [0.29, 0.717) is 41.4 Å². The van der Waals surface area contributed by atoms with Crippen LogP contribution in [0.15, 0.2) is 46.9 Å². The Bertz CT molecular complexity index is 1070. The van der Waals surface area contributed by atoms with E-state index in [9.17, 15) is 9.59 Å². The van der Waals surface area contributed by atoms with Crippen molar-refractivity contribution in [2.24, 2.45) is 0 Å². The molecule has 1 aliphatic heterocycles. The zero-order chi connectivity index (χ0) is 20.5. The van der Waals surface area contributed by atoms with Crippen molar-refractivity contribution in [3.63, 3.8) is 0 Å². The molecule has 2 heterocycles. The molecule has 29 heavy (non-hydrogen) atoms. The smallest absolute Gasteiger partial charge is 0.254 e. The second-order valence-corrected chi connectivity index (χ2v) is 7.36. The summed E-state index contributed by atoms with van der Waals surface area (Å²) >= 11 is 0. The van der Waals surface area contributed by atoms with Crippen molar-refractivity contribution in [2.75, 3.05) is 31.6 Å². The number of benzene rings is 2. The predicted molar refractivity (Wildman–Crippen MR) is 109 cm³/mol. The van der Waals surface area contributed by atoms with Crippen LogP contribution in [0.2, 0.25) is 0 Å². The van der Waals surface area contributed by atoms with E-state index in [0.717, 1.165) is 5.69 Å². The first-order valence-electron chi connectivity index (χ1n) is 9.60. The Balaban J connectivity index is 1.50. The number of nitrogens with zero attached hydrogens (tertiary/aromatic N) is 3. The van der Waals surface area contributed by atoms with Crippen LogP contribution in [0, 0.1) is 0 Å². The fourth-order valence-electron chi connectivity index (χ4n) is 3.41. The third-order valence-electron chi connectivity index (χ3n) is 5.02. The molecule has 0 unspecified atom stereocenters. The first-order valence-corrected chi connectivity index (χ1v) is 9.60. The SMILES string of the molecule is COc1cccc(N2CCN(C(=O)c3ccc4oc(C(C)C)nc4c3)CC2=O)c1. The number of methoxy groups -OCH3 is 1. The third-order valence-corrected chi connectivity index (χ3v) is 5.02. The monoisotopic (exact) mass is 393 g/mol. The lowest BCUT2D eigenvalue weighted by Crippen LogP contribution is -2.52. The molecule has 7 heteroatoms. The summed E-state index contributed by atoms with van der Waals surface area (Å²) in [6.07, 6.45) is 0. The summed E-state index contributed by atoms with van der Waals surface area (Å²) in [6.45, 7) is 4.93. The van der Waals surface area contributed by atoms with Gasteiger partial charge in [0, 0.05) is 36.3 Å². The molecule has 1 aromatic heterocycles. The Morgan fingerprint density at radius 3 is 2.72 bits per heavy atom. The van der Waals surface area contributed by atoms with Crippen LogP contribution in [0.5, 0.6) is 5.75 Å². The van der Waals surface area contributed by atoms with Crippen LogP contribution in [-0.2, 0) is 4.79 Å². The summed E-state index contributed by atoms with van der Waals surface area (Å²) < 4.78 is 10.9. The van der Waals surface area contributed by atoms with E-state index in [1.54, 1.807) is 35.1 Å². The highest BCUT2D eigenvalue weighted by molar-refractivity contribution is 6.02. The maximum absolute atomic E-state index is 13.0. The molecule has 0 bridgehead atoms. The van der Waals surface area contributed by atoms with Gasteiger partial charge in [-0.2, -0.15) is 0 Å². The van der Waals surface area contributed by atoms with Gasteiger partial charge in [0.2, 0.25) is 5.91 Å². The Morgan fingerprint density at radius 1 is 1.17 bits per heavy atom. The van der Waals surface area contributed by atoms with Crippen molar-refractivity contribution in [3.05, 3.63) is 53.9 Å². The van der Waals surface area contributed by atoms with E-state index in [4.69, 9.17) is 9.15 Å². The summed E-state index contributed by atoms with van der Waals surface area (Å²) in [6, 6.07) is 12.6. The second-order valence-electron chi connectivity index (χ2n) is 7.36. The number of piperazine rings is 1. The number of amides is 2. The minimum Gasteiger partial charge on any atom is -0.497 e. The van der Waals surface area contributed by atoms with Gasteiger partial charge in [0.05, 0.1) is 7.11 Å². The molecular formula is C22H23N3O4. The fourth-order valence-corrected chi connectivity index (χ4v) is 3.41. The molecule has 1 fully saturated rings. The molecule has 3 aromatic rings. The van der Waals surface area contributed by atoms with Crippen LogP contribution in [0.25, 0.3) is 11.1 Å². The Hall–Kier alpha value is -3.35. The van der Waals surface area contributed by atoms with Gasteiger partial charge in [-0.15, -0.1) is 0 Å². The maximum atomic E-state index is 13.0. The number of carbonyl (C=O) groups excluding carboxylic acids is 2. The molecule has 0 radical (unpaired) electrons. The van der Waals surface area contributed by atoms with Crippen molar-refractivity contribution in [2.45, 2.75) is 19.8 Å². The molecule has 7 nitrogen and oxygen atoms in total. The lowest BCUT2D eigenvalue weighted by Gasteiger charge is -2.34. The maximum Gasteiger partial charge on any atom is 0.254 e. The molecule has 0 saturated carbocycles. The van der Waals surface area contributed by atoms with Gasteiger partial charge in [-0.1, -0.05) is 19.9 Å². The highest BCUT2D eigenvalue weighted by Crippen LogP contribution is 2.25. The lowest BCUT2D eigenvalue weighted by atomic mass is 10.1. The quantitative estimate of drug-likeness (QED) is 0.679. The van der Waals surface area contributed by atoms with Gasteiger partial charge in [-0.3, -0.25) is 9.59 Å². The lowest BCUT2D eigenvalue weighted by molar-refractivity contribution is -0.120. The van der Waals surface area contributed by atoms with E-state index in [1.165, 1.54) is 0 Å². The van der Waals surface area contributed by atoms with Crippen molar-refractivity contribution in [1.82, 2.24) is 9.88 Å². The summed E-state index contributed by atoms with van der Waals surface area (Å²) in [5, 5.41) is 0. The molecule has 150 valence electrons. The number of carbonyl (C=O) groups is 2. The molecule has 0 atom stereocenters. The standard InChI is InChI=1S/C22H23N3O4/c1-14(2)21-23-18-11-15(7-8-19(18)29-21)22(27)24-9-10-25(20(26)13-24)16-5-4-6-17(12-16)28-3/h4-8,11-12,14H,9-10,13H2,1-3H3. The van der Waals surface area contributed by atoms with Gasteiger partial charge in [-0.05, 0) is 30.3 Å². The largest absolute Gasteiger partial charge is 0.497 e. The fraction of sp³-hybridized carbons (Fsp3) is 0.318. The molecule has 1 aliphatic rings. The van der Waals surface area contributed by atoms with Gasteiger partial charge < -0.3 is 19.0 Å². The van der Waals surface area contributed by atoms with E-state index in [-0.39, 0.29) is 24.3 Å². The van der Waals surface area contributed by atoms with Gasteiger partial charge >= 0.3 is 0 Å². The molecule has 4 rings (SSSR count). The number of fused-ring (bicyclic) bond motifs is 1. The average Bonchev–Trinajstić information content (AvgIpc) is 3.17. The first kappa shape index (κ1) is 19.0. The third kappa shape index (κ3) is 3.68. The van der Waals surface area contributed by atoms with Crippen molar-refractivity contribution in [3.8, 4) is 5.75 Å². The Labute approximate surface area is 168 Å². The molecule has 2 aromatic carbocycles. The van der Waals surface area contributed by atoms with Gasteiger partial charge in [0.25, 0.3) is 5.91 Å². The van der Waals surface area contributed by atoms with Crippen LogP contribution in [0.1, 0.15) is 36.0 Å². The normalized spacial score (nSPS) is 14.7. The minimum absolute atomic E-state index is 0.0319. The number of anilines is 1. The molecular weight excluding hydrogens is 370 g/mol. The van der Waals surface area contributed by atoms with Gasteiger partial charge in [0.1, 0.15) is 17.8 Å². The van der Waals surface area contributed by atoms with E-state index < -0.39 is 0 Å². The highest BCUT2D eigenvalue weighted by Gasteiger charge is 2.29. The molecule has 0 N–H and O–H groups in total. The average molecular weight is 393 g/mol. The van der Waals surface area contributed by atoms with E-state index >= 15 is 0 Å². The van der Waals surface area contributed by atoms with Crippen LogP contribution in [0.4, 0.5) is 5.69 Å². The van der Waals surface area contributed by atoms with E-state index in [2.05, 4.69) is 4.98 Å². The summed E-state index contributed by atoms with van der Waals surface area (Å²) in [7, 11) is 1.59. The van der Waals surface area contributed by atoms with Crippen LogP contribution >= 0.6 is 0 Å².